The maximum absolute atomic E-state index is 10.4. The first-order valence-corrected chi connectivity index (χ1v) is 3.53. The molecule has 5 heteroatoms. The molecule has 4 N–H and O–H groups in total. The van der Waals surface area contributed by atoms with E-state index in [0.717, 1.165) is 0 Å². The molecule has 0 aliphatic carbocycles. The minimum atomic E-state index is -0.965. The Morgan fingerprint density at radius 3 is 2.73 bits per heavy atom. The van der Waals surface area contributed by atoms with E-state index in [4.69, 9.17) is 15.9 Å². The molecule has 64 valence electrons. The summed E-state index contributed by atoms with van der Waals surface area (Å²) in [5, 5.41) is 17.7. The Morgan fingerprint density at radius 1 is 1.64 bits per heavy atom. The highest BCUT2D eigenvalue weighted by atomic mass is 16.4. The Morgan fingerprint density at radius 2 is 2.27 bits per heavy atom. The van der Waals surface area contributed by atoms with E-state index >= 15 is 0 Å². The van der Waals surface area contributed by atoms with Gasteiger partial charge in [0, 0.05) is 19.1 Å². The number of aliphatic hydroxyl groups is 1. The van der Waals surface area contributed by atoms with E-state index in [1.165, 1.54) is 4.90 Å². The Bertz CT molecular complexity index is 162. The molecule has 1 heterocycles. The van der Waals surface area contributed by atoms with Gasteiger partial charge in [0.15, 0.2) is 0 Å². The molecule has 0 aromatic heterocycles. The molecule has 0 aromatic carbocycles. The maximum Gasteiger partial charge on any atom is 0.407 e. The third-order valence-electron chi connectivity index (χ3n) is 1.89. The van der Waals surface area contributed by atoms with Gasteiger partial charge in [-0.05, 0) is 6.42 Å². The lowest BCUT2D eigenvalue weighted by Gasteiger charge is -2.32. The van der Waals surface area contributed by atoms with Gasteiger partial charge in [-0.25, -0.2) is 4.79 Å². The van der Waals surface area contributed by atoms with E-state index in [1.54, 1.807) is 0 Å². The van der Waals surface area contributed by atoms with Crippen LogP contribution in [0.5, 0.6) is 0 Å². The fraction of sp³-hybridized carbons (Fsp3) is 0.833. The molecule has 0 saturated carbocycles. The first-order valence-electron chi connectivity index (χ1n) is 3.53. The Balaban J connectivity index is 2.46. The van der Waals surface area contributed by atoms with Crippen molar-refractivity contribution in [3.05, 3.63) is 0 Å². The quantitative estimate of drug-likeness (QED) is 0.426. The van der Waals surface area contributed by atoms with Crippen molar-refractivity contribution in [1.29, 1.82) is 0 Å². The van der Waals surface area contributed by atoms with Crippen molar-refractivity contribution in [2.75, 3.05) is 13.1 Å². The van der Waals surface area contributed by atoms with Gasteiger partial charge in [-0.1, -0.05) is 0 Å². The maximum atomic E-state index is 10.4. The van der Waals surface area contributed by atoms with Crippen molar-refractivity contribution in [2.24, 2.45) is 5.73 Å². The molecule has 0 bridgehead atoms. The summed E-state index contributed by atoms with van der Waals surface area (Å²) in [6.07, 6.45) is -1.08. The summed E-state index contributed by atoms with van der Waals surface area (Å²) >= 11 is 0. The van der Waals surface area contributed by atoms with Crippen LogP contribution in [0.25, 0.3) is 0 Å². The van der Waals surface area contributed by atoms with E-state index < -0.39 is 18.2 Å². The summed E-state index contributed by atoms with van der Waals surface area (Å²) in [6, 6.07) is -0.431. The number of amides is 1. The van der Waals surface area contributed by atoms with Gasteiger partial charge >= 0.3 is 6.09 Å². The van der Waals surface area contributed by atoms with E-state index in [2.05, 4.69) is 0 Å². The number of nitrogens with zero attached hydrogens (tertiary/aromatic N) is 1. The summed E-state index contributed by atoms with van der Waals surface area (Å²) in [5.74, 6) is 0. The van der Waals surface area contributed by atoms with Crippen LogP contribution in [0, 0.1) is 0 Å². The minimum absolute atomic E-state index is 0.233. The zero-order chi connectivity index (χ0) is 8.43. The Labute approximate surface area is 64.4 Å². The molecular formula is C6H12N2O3. The van der Waals surface area contributed by atoms with Crippen LogP contribution >= 0.6 is 0 Å². The Hall–Kier alpha value is -0.810. The summed E-state index contributed by atoms with van der Waals surface area (Å²) in [6.45, 7) is 0.612. The third kappa shape index (κ3) is 1.81. The number of rotatable bonds is 0. The number of nitrogens with two attached hydrogens (primary N) is 1. The van der Waals surface area contributed by atoms with Gasteiger partial charge in [0.1, 0.15) is 0 Å². The zero-order valence-electron chi connectivity index (χ0n) is 6.10. The standard InChI is InChI=1S/C6H12N2O3/c7-4-3-8(6(10)11)2-1-5(4)9/h4-5,9H,1-3,7H2,(H,10,11)/t4-,5+/m0/s1. The third-order valence-corrected chi connectivity index (χ3v) is 1.89. The van der Waals surface area contributed by atoms with Crippen LogP contribution in [0.4, 0.5) is 4.79 Å². The van der Waals surface area contributed by atoms with Crippen molar-refractivity contribution in [3.63, 3.8) is 0 Å². The predicted octanol–water partition coefficient (Wildman–Crippen LogP) is -0.942. The van der Waals surface area contributed by atoms with Gasteiger partial charge in [-0.3, -0.25) is 0 Å². The molecule has 1 amide bonds. The highest BCUT2D eigenvalue weighted by Crippen LogP contribution is 2.08. The van der Waals surface area contributed by atoms with Crippen molar-refractivity contribution in [1.82, 2.24) is 4.90 Å². The summed E-state index contributed by atoms with van der Waals surface area (Å²) in [7, 11) is 0. The van der Waals surface area contributed by atoms with Gasteiger partial charge in [0.05, 0.1) is 6.10 Å². The first-order chi connectivity index (χ1) is 5.11. The molecule has 1 aliphatic rings. The van der Waals surface area contributed by atoms with Crippen molar-refractivity contribution < 1.29 is 15.0 Å². The van der Waals surface area contributed by atoms with Crippen molar-refractivity contribution >= 4 is 6.09 Å². The number of carboxylic acid groups (broad SMARTS) is 1. The zero-order valence-corrected chi connectivity index (χ0v) is 6.10. The van der Waals surface area contributed by atoms with Crippen LogP contribution in [-0.4, -0.2) is 46.4 Å². The molecule has 1 saturated heterocycles. The number of piperidine rings is 1. The molecular weight excluding hydrogens is 148 g/mol. The lowest BCUT2D eigenvalue weighted by molar-refractivity contribution is 0.0607. The van der Waals surface area contributed by atoms with Crippen LogP contribution in [0.3, 0.4) is 0 Å². The molecule has 0 radical (unpaired) electrons. The summed E-state index contributed by atoms with van der Waals surface area (Å²) in [4.78, 5) is 11.6. The van der Waals surface area contributed by atoms with Gasteiger partial charge in [0.2, 0.25) is 0 Å². The van der Waals surface area contributed by atoms with Crippen LogP contribution in [-0.2, 0) is 0 Å². The van der Waals surface area contributed by atoms with Crippen molar-refractivity contribution in [2.45, 2.75) is 18.6 Å². The highest BCUT2D eigenvalue weighted by Gasteiger charge is 2.26. The second-order valence-corrected chi connectivity index (χ2v) is 2.75. The lowest BCUT2D eigenvalue weighted by Crippen LogP contribution is -2.52. The van der Waals surface area contributed by atoms with Crippen LogP contribution < -0.4 is 5.73 Å². The van der Waals surface area contributed by atoms with Crippen molar-refractivity contribution in [3.8, 4) is 0 Å². The molecule has 0 aromatic rings. The minimum Gasteiger partial charge on any atom is -0.465 e. The average molecular weight is 160 g/mol. The van der Waals surface area contributed by atoms with E-state index in [1.807, 2.05) is 0 Å². The molecule has 11 heavy (non-hydrogen) atoms. The number of likely N-dealkylation sites (tertiary alicyclic amines) is 1. The smallest absolute Gasteiger partial charge is 0.407 e. The van der Waals surface area contributed by atoms with Gasteiger partial charge in [-0.15, -0.1) is 0 Å². The van der Waals surface area contributed by atoms with Crippen LogP contribution in [0.15, 0.2) is 0 Å². The molecule has 5 nitrogen and oxygen atoms in total. The topological polar surface area (TPSA) is 86.8 Å². The lowest BCUT2D eigenvalue weighted by atomic mass is 10.0. The van der Waals surface area contributed by atoms with E-state index in [-0.39, 0.29) is 6.54 Å². The van der Waals surface area contributed by atoms with Crippen LogP contribution in [0.2, 0.25) is 0 Å². The predicted molar refractivity (Wildman–Crippen MR) is 38.2 cm³/mol. The second kappa shape index (κ2) is 3.06. The summed E-state index contributed by atoms with van der Waals surface area (Å²) < 4.78 is 0. The molecule has 0 spiro atoms. The Kier molecular flexibility index (Phi) is 2.31. The average Bonchev–Trinajstić information content (AvgIpc) is 1.94. The molecule has 0 unspecified atom stereocenters. The molecule has 1 fully saturated rings. The normalized spacial score (nSPS) is 32.0. The number of carbonyl (C=O) groups is 1. The fourth-order valence-electron chi connectivity index (χ4n) is 1.14. The van der Waals surface area contributed by atoms with E-state index in [0.29, 0.717) is 13.0 Å². The largest absolute Gasteiger partial charge is 0.465 e. The molecule has 2 atom stereocenters. The number of hydrogen-bond donors (Lipinski definition) is 3. The monoisotopic (exact) mass is 160 g/mol. The first kappa shape index (κ1) is 8.29. The highest BCUT2D eigenvalue weighted by molar-refractivity contribution is 5.65. The van der Waals surface area contributed by atoms with E-state index in [9.17, 15) is 4.79 Å². The van der Waals surface area contributed by atoms with Gasteiger partial charge in [0.25, 0.3) is 0 Å². The second-order valence-electron chi connectivity index (χ2n) is 2.75. The van der Waals surface area contributed by atoms with Gasteiger partial charge in [-0.2, -0.15) is 0 Å². The molecule has 1 aliphatic heterocycles. The number of hydrogen-bond acceptors (Lipinski definition) is 3. The SMILES string of the molecule is N[C@H]1CN(C(=O)O)CC[C@H]1O. The molecule has 1 rings (SSSR count). The van der Waals surface area contributed by atoms with Gasteiger partial charge < -0.3 is 20.8 Å². The number of aliphatic hydroxyl groups excluding tert-OH is 1. The summed E-state index contributed by atoms with van der Waals surface area (Å²) in [5.41, 5.74) is 5.45. The fourth-order valence-corrected chi connectivity index (χ4v) is 1.14. The van der Waals surface area contributed by atoms with Crippen LogP contribution in [0.1, 0.15) is 6.42 Å².